The molecule has 102 valence electrons. The normalized spacial score (nSPS) is 12.4. The van der Waals surface area contributed by atoms with Gasteiger partial charge in [-0.15, -0.1) is 0 Å². The molecule has 0 saturated carbocycles. The monoisotopic (exact) mass is 259 g/mol. The second-order valence-electron chi connectivity index (χ2n) is 4.55. The lowest BCUT2D eigenvalue weighted by atomic mass is 10.1. The van der Waals surface area contributed by atoms with E-state index in [1.165, 1.54) is 0 Å². The average Bonchev–Trinajstić information content (AvgIpc) is 2.97. The highest BCUT2D eigenvalue weighted by Crippen LogP contribution is 2.19. The van der Waals surface area contributed by atoms with Crippen molar-refractivity contribution in [3.05, 3.63) is 48.2 Å². The van der Waals surface area contributed by atoms with Crippen LogP contribution in [0.15, 0.2) is 41.1 Å². The number of furan rings is 1. The van der Waals surface area contributed by atoms with Crippen LogP contribution < -0.4 is 10.6 Å². The maximum Gasteiger partial charge on any atom is 0.123 e. The third kappa shape index (κ3) is 3.35. The first-order valence-corrected chi connectivity index (χ1v) is 6.73. The van der Waals surface area contributed by atoms with Crippen molar-refractivity contribution in [2.45, 2.75) is 32.9 Å². The van der Waals surface area contributed by atoms with E-state index < -0.39 is 0 Å². The summed E-state index contributed by atoms with van der Waals surface area (Å²) >= 11 is 0. The zero-order valence-electron chi connectivity index (χ0n) is 11.5. The van der Waals surface area contributed by atoms with Crippen molar-refractivity contribution in [1.82, 2.24) is 4.98 Å². The number of anilines is 1. The molecule has 0 spiro atoms. The zero-order chi connectivity index (χ0) is 13.7. The smallest absolute Gasteiger partial charge is 0.123 e. The van der Waals surface area contributed by atoms with Crippen LogP contribution in [0, 0.1) is 0 Å². The summed E-state index contributed by atoms with van der Waals surface area (Å²) in [4.78, 5) is 6.67. The second kappa shape index (κ2) is 6.38. The minimum Gasteiger partial charge on any atom is -0.467 e. The molecule has 0 bridgehead atoms. The van der Waals surface area contributed by atoms with E-state index in [1.54, 1.807) is 6.26 Å². The lowest BCUT2D eigenvalue weighted by Crippen LogP contribution is -2.22. The Bertz CT molecular complexity index is 479. The Morgan fingerprint density at radius 1 is 1.32 bits per heavy atom. The summed E-state index contributed by atoms with van der Waals surface area (Å²) in [7, 11) is 0. The Kier molecular flexibility index (Phi) is 4.58. The summed E-state index contributed by atoms with van der Waals surface area (Å²) in [5.74, 6) is 0.955. The van der Waals surface area contributed by atoms with Gasteiger partial charge in [0.25, 0.3) is 0 Å². The molecule has 1 unspecified atom stereocenters. The van der Waals surface area contributed by atoms with Gasteiger partial charge in [-0.05, 0) is 37.6 Å². The van der Waals surface area contributed by atoms with Crippen LogP contribution in [-0.4, -0.2) is 11.5 Å². The van der Waals surface area contributed by atoms with Gasteiger partial charge in [-0.1, -0.05) is 6.92 Å². The fourth-order valence-corrected chi connectivity index (χ4v) is 1.99. The molecular formula is C15H21N3O. The van der Waals surface area contributed by atoms with Gasteiger partial charge in [-0.3, -0.25) is 4.98 Å². The molecule has 0 aliphatic heterocycles. The highest BCUT2D eigenvalue weighted by Gasteiger charge is 2.09. The summed E-state index contributed by atoms with van der Waals surface area (Å²) < 4.78 is 5.38. The van der Waals surface area contributed by atoms with E-state index in [0.717, 1.165) is 36.7 Å². The SMILES string of the molecule is CCC(N)c1ccc(N(CC)Cc2ccco2)cn1. The van der Waals surface area contributed by atoms with Crippen molar-refractivity contribution in [2.24, 2.45) is 5.73 Å². The van der Waals surface area contributed by atoms with E-state index in [4.69, 9.17) is 10.2 Å². The van der Waals surface area contributed by atoms with Crippen LogP contribution >= 0.6 is 0 Å². The molecule has 19 heavy (non-hydrogen) atoms. The van der Waals surface area contributed by atoms with E-state index in [9.17, 15) is 0 Å². The van der Waals surface area contributed by atoms with Gasteiger partial charge in [0.05, 0.1) is 30.4 Å². The fraction of sp³-hybridized carbons (Fsp3) is 0.400. The molecule has 0 aliphatic rings. The topological polar surface area (TPSA) is 55.3 Å². The van der Waals surface area contributed by atoms with Crippen LogP contribution in [0.3, 0.4) is 0 Å². The van der Waals surface area contributed by atoms with Crippen molar-refractivity contribution in [3.8, 4) is 0 Å². The van der Waals surface area contributed by atoms with Gasteiger partial charge in [0.15, 0.2) is 0 Å². The van der Waals surface area contributed by atoms with Crippen LogP contribution in [0.4, 0.5) is 5.69 Å². The first-order chi connectivity index (χ1) is 9.24. The molecule has 4 heteroatoms. The molecule has 0 amide bonds. The molecule has 2 rings (SSSR count). The largest absolute Gasteiger partial charge is 0.467 e. The fourth-order valence-electron chi connectivity index (χ4n) is 1.99. The van der Waals surface area contributed by atoms with Crippen LogP contribution in [0.1, 0.15) is 37.8 Å². The highest BCUT2D eigenvalue weighted by atomic mass is 16.3. The van der Waals surface area contributed by atoms with Gasteiger partial charge >= 0.3 is 0 Å². The van der Waals surface area contributed by atoms with Crippen molar-refractivity contribution in [2.75, 3.05) is 11.4 Å². The van der Waals surface area contributed by atoms with E-state index in [0.29, 0.717) is 0 Å². The van der Waals surface area contributed by atoms with E-state index in [-0.39, 0.29) is 6.04 Å². The molecule has 2 aromatic heterocycles. The second-order valence-corrected chi connectivity index (χ2v) is 4.55. The predicted octanol–water partition coefficient (Wildman–Crippen LogP) is 3.11. The van der Waals surface area contributed by atoms with Gasteiger partial charge in [0, 0.05) is 12.6 Å². The Hall–Kier alpha value is -1.81. The first kappa shape index (κ1) is 13.6. The quantitative estimate of drug-likeness (QED) is 0.866. The lowest BCUT2D eigenvalue weighted by molar-refractivity contribution is 0.503. The van der Waals surface area contributed by atoms with Gasteiger partial charge in [-0.2, -0.15) is 0 Å². The number of hydrogen-bond donors (Lipinski definition) is 1. The molecule has 2 aromatic rings. The van der Waals surface area contributed by atoms with E-state index in [1.807, 2.05) is 24.4 Å². The van der Waals surface area contributed by atoms with E-state index >= 15 is 0 Å². The van der Waals surface area contributed by atoms with Crippen molar-refractivity contribution >= 4 is 5.69 Å². The van der Waals surface area contributed by atoms with Gasteiger partial charge < -0.3 is 15.1 Å². The number of nitrogens with zero attached hydrogens (tertiary/aromatic N) is 2. The third-order valence-electron chi connectivity index (χ3n) is 3.26. The maximum atomic E-state index is 5.97. The molecule has 1 atom stereocenters. The molecule has 0 radical (unpaired) electrons. The molecule has 0 fully saturated rings. The zero-order valence-corrected chi connectivity index (χ0v) is 11.5. The minimum atomic E-state index is 0.0224. The standard InChI is InChI=1S/C15H21N3O/c1-3-14(16)15-8-7-12(10-17-15)18(4-2)11-13-6-5-9-19-13/h5-10,14H,3-4,11,16H2,1-2H3. The Morgan fingerprint density at radius 3 is 2.68 bits per heavy atom. The molecule has 0 aliphatic carbocycles. The Labute approximate surface area is 114 Å². The first-order valence-electron chi connectivity index (χ1n) is 6.73. The predicted molar refractivity (Wildman–Crippen MR) is 76.9 cm³/mol. The summed E-state index contributed by atoms with van der Waals surface area (Å²) in [6.45, 7) is 5.84. The van der Waals surface area contributed by atoms with Crippen LogP contribution in [0.25, 0.3) is 0 Å². The van der Waals surface area contributed by atoms with Crippen LogP contribution in [-0.2, 0) is 6.54 Å². The van der Waals surface area contributed by atoms with Gasteiger partial charge in [-0.25, -0.2) is 0 Å². The number of rotatable bonds is 6. The summed E-state index contributed by atoms with van der Waals surface area (Å²) in [6, 6.07) is 8.00. The van der Waals surface area contributed by atoms with E-state index in [2.05, 4.69) is 29.8 Å². The number of nitrogens with two attached hydrogens (primary N) is 1. The molecule has 0 saturated heterocycles. The van der Waals surface area contributed by atoms with Crippen LogP contribution in [0.2, 0.25) is 0 Å². The van der Waals surface area contributed by atoms with Gasteiger partial charge in [0.1, 0.15) is 5.76 Å². The van der Waals surface area contributed by atoms with Crippen LogP contribution in [0.5, 0.6) is 0 Å². The molecule has 2 N–H and O–H groups in total. The molecular weight excluding hydrogens is 238 g/mol. The molecule has 2 heterocycles. The van der Waals surface area contributed by atoms with Crippen molar-refractivity contribution in [1.29, 1.82) is 0 Å². The number of aromatic nitrogens is 1. The average molecular weight is 259 g/mol. The van der Waals surface area contributed by atoms with Gasteiger partial charge in [0.2, 0.25) is 0 Å². The Morgan fingerprint density at radius 2 is 2.16 bits per heavy atom. The summed E-state index contributed by atoms with van der Waals surface area (Å²) in [5.41, 5.74) is 8.01. The number of pyridine rings is 1. The third-order valence-corrected chi connectivity index (χ3v) is 3.26. The highest BCUT2D eigenvalue weighted by molar-refractivity contribution is 5.44. The Balaban J connectivity index is 2.10. The minimum absolute atomic E-state index is 0.0224. The summed E-state index contributed by atoms with van der Waals surface area (Å²) in [5, 5.41) is 0. The lowest BCUT2D eigenvalue weighted by Gasteiger charge is -2.22. The number of hydrogen-bond acceptors (Lipinski definition) is 4. The molecule has 4 nitrogen and oxygen atoms in total. The molecule has 0 aromatic carbocycles. The summed E-state index contributed by atoms with van der Waals surface area (Å²) in [6.07, 6.45) is 4.48. The van der Waals surface area contributed by atoms with Crippen molar-refractivity contribution in [3.63, 3.8) is 0 Å². The maximum absolute atomic E-state index is 5.97. The van der Waals surface area contributed by atoms with Crippen molar-refractivity contribution < 1.29 is 4.42 Å².